The fraction of sp³-hybridized carbons (Fsp3) is 0.200. The third-order valence-corrected chi connectivity index (χ3v) is 10.00. The molecule has 2 amide bonds. The summed E-state index contributed by atoms with van der Waals surface area (Å²) in [6, 6.07) is 27.8. The molecule has 5 heterocycles. The average molecular weight is 603 g/mol. The number of para-hydroxylation sites is 2. The van der Waals surface area contributed by atoms with Crippen molar-refractivity contribution in [2.24, 2.45) is 0 Å². The minimum Gasteiger partial charge on any atom is -0.337 e. The summed E-state index contributed by atoms with van der Waals surface area (Å²) in [5.41, 5.74) is 4.55. The van der Waals surface area contributed by atoms with Crippen molar-refractivity contribution in [1.29, 1.82) is 0 Å². The minimum atomic E-state index is -0.0212. The number of hydrogen-bond donors (Lipinski definition) is 0. The SMILES string of the molecule is Cc1ccc(-c2cc(C(=O)N3CCCN(C(=O)c4cc(-c5ccc(C)s5)nc5ccccc45)CC3)c3ccccc3n2)s1. The highest BCUT2D eigenvalue weighted by atomic mass is 32.1. The van der Waals surface area contributed by atoms with Crippen molar-refractivity contribution in [1.82, 2.24) is 19.8 Å². The molecule has 0 spiro atoms. The van der Waals surface area contributed by atoms with Gasteiger partial charge in [-0.2, -0.15) is 0 Å². The van der Waals surface area contributed by atoms with E-state index in [0.717, 1.165) is 42.9 Å². The van der Waals surface area contributed by atoms with Crippen LogP contribution >= 0.6 is 22.7 Å². The molecule has 0 bridgehead atoms. The summed E-state index contributed by atoms with van der Waals surface area (Å²) in [6.45, 7) is 6.25. The molecular weight excluding hydrogens is 573 g/mol. The monoisotopic (exact) mass is 602 g/mol. The Hall–Kier alpha value is -4.40. The molecule has 7 rings (SSSR count). The average Bonchev–Trinajstić information content (AvgIpc) is 3.59. The number of carbonyl (C=O) groups is 2. The molecule has 0 aliphatic carbocycles. The van der Waals surface area contributed by atoms with Crippen molar-refractivity contribution in [3.8, 4) is 21.1 Å². The first-order chi connectivity index (χ1) is 20.9. The fourth-order valence-corrected chi connectivity index (χ4v) is 7.42. The van der Waals surface area contributed by atoms with Crippen molar-refractivity contribution >= 4 is 56.3 Å². The molecule has 2 aromatic carbocycles. The van der Waals surface area contributed by atoms with Crippen molar-refractivity contribution < 1.29 is 9.59 Å². The predicted molar refractivity (Wildman–Crippen MR) is 176 cm³/mol. The largest absolute Gasteiger partial charge is 0.337 e. The van der Waals surface area contributed by atoms with Crippen LogP contribution in [0.1, 0.15) is 36.9 Å². The van der Waals surface area contributed by atoms with E-state index in [1.54, 1.807) is 22.7 Å². The fourth-order valence-electron chi connectivity index (χ4n) is 5.77. The summed E-state index contributed by atoms with van der Waals surface area (Å²) in [4.78, 5) is 46.2. The predicted octanol–water partition coefficient (Wildman–Crippen LogP) is 7.85. The number of rotatable bonds is 4. The molecule has 0 unspecified atom stereocenters. The van der Waals surface area contributed by atoms with Gasteiger partial charge in [0.25, 0.3) is 11.8 Å². The zero-order chi connectivity index (χ0) is 29.5. The number of nitrogens with zero attached hydrogens (tertiary/aromatic N) is 4. The lowest BCUT2D eigenvalue weighted by Gasteiger charge is -2.23. The van der Waals surface area contributed by atoms with Crippen LogP contribution in [0.4, 0.5) is 0 Å². The number of pyridine rings is 2. The van der Waals surface area contributed by atoms with E-state index in [9.17, 15) is 9.59 Å². The lowest BCUT2D eigenvalue weighted by Crippen LogP contribution is -2.37. The van der Waals surface area contributed by atoms with E-state index in [4.69, 9.17) is 9.97 Å². The molecule has 6 aromatic rings. The van der Waals surface area contributed by atoms with Gasteiger partial charge in [0.15, 0.2) is 0 Å². The summed E-state index contributed by atoms with van der Waals surface area (Å²) in [5.74, 6) is -0.0423. The molecule has 1 saturated heterocycles. The number of aryl methyl sites for hydroxylation is 2. The van der Waals surface area contributed by atoms with Gasteiger partial charge < -0.3 is 9.80 Å². The van der Waals surface area contributed by atoms with Crippen LogP contribution in [0.5, 0.6) is 0 Å². The van der Waals surface area contributed by atoms with Gasteiger partial charge in [-0.1, -0.05) is 36.4 Å². The van der Waals surface area contributed by atoms with Gasteiger partial charge in [-0.3, -0.25) is 9.59 Å². The van der Waals surface area contributed by atoms with Gasteiger partial charge >= 0.3 is 0 Å². The highest BCUT2D eigenvalue weighted by Crippen LogP contribution is 2.32. The van der Waals surface area contributed by atoms with E-state index >= 15 is 0 Å². The molecule has 214 valence electrons. The van der Waals surface area contributed by atoms with Crippen LogP contribution in [0.15, 0.2) is 84.9 Å². The third kappa shape index (κ3) is 5.32. The molecule has 0 atom stereocenters. The highest BCUT2D eigenvalue weighted by Gasteiger charge is 2.27. The minimum absolute atomic E-state index is 0.0212. The van der Waals surface area contributed by atoms with E-state index in [-0.39, 0.29) is 11.8 Å². The van der Waals surface area contributed by atoms with Crippen LogP contribution in [0.25, 0.3) is 42.9 Å². The summed E-state index contributed by atoms with van der Waals surface area (Å²) < 4.78 is 0. The number of fused-ring (bicyclic) bond motifs is 2. The molecule has 1 fully saturated rings. The van der Waals surface area contributed by atoms with Crippen molar-refractivity contribution in [2.75, 3.05) is 26.2 Å². The highest BCUT2D eigenvalue weighted by molar-refractivity contribution is 7.15. The summed E-state index contributed by atoms with van der Waals surface area (Å²) in [7, 11) is 0. The number of thiophene rings is 2. The van der Waals surface area contributed by atoms with E-state index in [1.165, 1.54) is 9.75 Å². The Kier molecular flexibility index (Phi) is 7.24. The summed E-state index contributed by atoms with van der Waals surface area (Å²) >= 11 is 3.35. The second kappa shape index (κ2) is 11.4. The molecule has 1 aliphatic rings. The Morgan fingerprint density at radius 1 is 0.605 bits per heavy atom. The first-order valence-electron chi connectivity index (χ1n) is 14.5. The molecule has 6 nitrogen and oxygen atoms in total. The maximum absolute atomic E-state index is 14.1. The van der Waals surface area contributed by atoms with Gasteiger partial charge in [-0.25, -0.2) is 9.97 Å². The number of amides is 2. The van der Waals surface area contributed by atoms with Crippen molar-refractivity contribution in [3.05, 3.63) is 106 Å². The molecule has 0 radical (unpaired) electrons. The van der Waals surface area contributed by atoms with Gasteiger partial charge in [-0.15, -0.1) is 22.7 Å². The van der Waals surface area contributed by atoms with Crippen LogP contribution in [0.3, 0.4) is 0 Å². The normalized spacial score (nSPS) is 13.9. The van der Waals surface area contributed by atoms with Crippen LogP contribution in [-0.4, -0.2) is 57.8 Å². The van der Waals surface area contributed by atoms with Crippen molar-refractivity contribution in [3.63, 3.8) is 0 Å². The topological polar surface area (TPSA) is 66.4 Å². The molecule has 8 heteroatoms. The standard InChI is InChI=1S/C35H30N4O2S2/c1-22-12-14-32(42-22)30-20-26(24-8-3-5-10-28(24)36-30)34(40)38-16-7-17-39(19-18-38)35(41)27-21-31(33-15-13-23(2)43-33)37-29-11-6-4-9-25(27)29/h3-6,8-15,20-21H,7,16-19H2,1-2H3. The van der Waals surface area contributed by atoms with Crippen LogP contribution in [0.2, 0.25) is 0 Å². The molecule has 0 saturated carbocycles. The first-order valence-corrected chi connectivity index (χ1v) is 16.1. The Labute approximate surface area is 258 Å². The summed E-state index contributed by atoms with van der Waals surface area (Å²) in [6.07, 6.45) is 0.706. The Bertz CT molecular complexity index is 1870. The molecule has 43 heavy (non-hydrogen) atoms. The van der Waals surface area contributed by atoms with Crippen molar-refractivity contribution in [2.45, 2.75) is 20.3 Å². The first kappa shape index (κ1) is 27.4. The van der Waals surface area contributed by atoms with E-state index in [2.05, 4.69) is 38.1 Å². The number of hydrogen-bond acceptors (Lipinski definition) is 6. The second-order valence-electron chi connectivity index (χ2n) is 10.9. The maximum atomic E-state index is 14.1. The summed E-state index contributed by atoms with van der Waals surface area (Å²) in [5, 5.41) is 1.70. The Morgan fingerprint density at radius 2 is 1.05 bits per heavy atom. The molecule has 1 aliphatic heterocycles. The van der Waals surface area contributed by atoms with Gasteiger partial charge in [0.05, 0.1) is 43.3 Å². The lowest BCUT2D eigenvalue weighted by molar-refractivity contribution is 0.0720. The van der Waals surface area contributed by atoms with E-state index in [1.807, 2.05) is 70.5 Å². The van der Waals surface area contributed by atoms with Gasteiger partial charge in [-0.05, 0) is 68.8 Å². The van der Waals surface area contributed by atoms with Crippen LogP contribution in [-0.2, 0) is 0 Å². The van der Waals surface area contributed by atoms with Crippen LogP contribution in [0, 0.1) is 13.8 Å². The Balaban J connectivity index is 1.17. The number of aromatic nitrogens is 2. The third-order valence-electron chi connectivity index (χ3n) is 7.95. The van der Waals surface area contributed by atoms with Gasteiger partial charge in [0, 0.05) is 46.7 Å². The van der Waals surface area contributed by atoms with Crippen LogP contribution < -0.4 is 0 Å². The van der Waals surface area contributed by atoms with Gasteiger partial charge in [0.2, 0.25) is 0 Å². The quantitative estimate of drug-likeness (QED) is 0.206. The van der Waals surface area contributed by atoms with E-state index in [0.29, 0.717) is 43.7 Å². The number of benzene rings is 2. The second-order valence-corrected chi connectivity index (χ2v) is 13.5. The molecular formula is C35H30N4O2S2. The zero-order valence-corrected chi connectivity index (χ0v) is 25.7. The van der Waals surface area contributed by atoms with E-state index < -0.39 is 0 Å². The zero-order valence-electron chi connectivity index (χ0n) is 24.0. The lowest BCUT2D eigenvalue weighted by atomic mass is 10.1. The number of carbonyl (C=O) groups excluding carboxylic acids is 2. The maximum Gasteiger partial charge on any atom is 0.254 e. The Morgan fingerprint density at radius 3 is 1.47 bits per heavy atom. The molecule has 4 aromatic heterocycles. The van der Waals surface area contributed by atoms with Gasteiger partial charge in [0.1, 0.15) is 0 Å². The molecule has 0 N–H and O–H groups in total. The smallest absolute Gasteiger partial charge is 0.254 e.